The van der Waals surface area contributed by atoms with Gasteiger partial charge < -0.3 is 5.73 Å². The van der Waals surface area contributed by atoms with Crippen molar-refractivity contribution in [1.29, 1.82) is 0 Å². The second kappa shape index (κ2) is 12.6. The lowest BCUT2D eigenvalue weighted by Gasteiger charge is -2.28. The lowest BCUT2D eigenvalue weighted by Crippen LogP contribution is -2.32. The van der Waals surface area contributed by atoms with Crippen molar-refractivity contribution in [3.05, 3.63) is 156 Å². The summed E-state index contributed by atoms with van der Waals surface area (Å²) >= 11 is 0. The predicted molar refractivity (Wildman–Crippen MR) is 166 cm³/mol. The van der Waals surface area contributed by atoms with Crippen molar-refractivity contribution in [2.24, 2.45) is 5.73 Å². The Bertz CT molecular complexity index is 1370. The summed E-state index contributed by atoms with van der Waals surface area (Å²) in [5, 5.41) is 4.20. The molecule has 0 aliphatic heterocycles. The first kappa shape index (κ1) is 25.8. The number of rotatable bonds is 10. The molecule has 0 saturated carbocycles. The zero-order chi connectivity index (χ0) is 26.0. The molecule has 0 aliphatic carbocycles. The Morgan fingerprint density at radius 3 is 1.76 bits per heavy atom. The number of aromatic nitrogens is 1. The second-order valence-corrected chi connectivity index (χ2v) is 13.0. The van der Waals surface area contributed by atoms with E-state index in [0.29, 0.717) is 6.54 Å². The molecule has 0 radical (unpaired) electrons. The van der Waals surface area contributed by atoms with Crippen LogP contribution in [0.25, 0.3) is 12.2 Å². The highest BCUT2D eigenvalue weighted by Gasteiger charge is 2.45. The van der Waals surface area contributed by atoms with E-state index < -0.39 is 7.26 Å². The molecule has 1 aromatic heterocycles. The first-order valence-corrected chi connectivity index (χ1v) is 15.2. The Hall–Kier alpha value is -3.84. The van der Waals surface area contributed by atoms with Gasteiger partial charge in [-0.15, -0.1) is 0 Å². The molecule has 5 rings (SSSR count). The van der Waals surface area contributed by atoms with Crippen LogP contribution in [0, 0.1) is 0 Å². The third-order valence-corrected chi connectivity index (χ3v) is 11.3. The van der Waals surface area contributed by atoms with Crippen LogP contribution in [-0.2, 0) is 12.6 Å². The molecule has 2 N–H and O–H groups in total. The normalized spacial score (nSPS) is 11.6. The first-order chi connectivity index (χ1) is 18.8. The molecule has 0 unspecified atom stereocenters. The number of nitrogens with zero attached hydrogens (tertiary/aromatic N) is 1. The van der Waals surface area contributed by atoms with Crippen LogP contribution in [-0.4, -0.2) is 11.5 Å². The third-order valence-electron chi connectivity index (χ3n) is 6.87. The van der Waals surface area contributed by atoms with E-state index in [1.165, 1.54) is 27.0 Å². The van der Waals surface area contributed by atoms with Gasteiger partial charge >= 0.3 is 0 Å². The molecule has 4 aromatic carbocycles. The van der Waals surface area contributed by atoms with Crippen molar-refractivity contribution >= 4 is 35.3 Å². The third kappa shape index (κ3) is 6.00. The Morgan fingerprint density at radius 2 is 1.18 bits per heavy atom. The molecule has 0 saturated heterocycles. The molecule has 1 heterocycles. The smallest absolute Gasteiger partial charge is 0.116 e. The number of aryl methyl sites for hydroxylation is 1. The van der Waals surface area contributed by atoms with Gasteiger partial charge in [-0.2, -0.15) is 0 Å². The van der Waals surface area contributed by atoms with Gasteiger partial charge in [-0.05, 0) is 91.2 Å². The Morgan fingerprint density at radius 1 is 0.605 bits per heavy atom. The maximum Gasteiger partial charge on any atom is 0.116 e. The molecule has 0 bridgehead atoms. The molecule has 0 aliphatic rings. The average molecular weight is 514 g/mol. The van der Waals surface area contributed by atoms with Gasteiger partial charge in [0.25, 0.3) is 0 Å². The van der Waals surface area contributed by atoms with Gasteiger partial charge in [0.15, 0.2) is 0 Å². The van der Waals surface area contributed by atoms with E-state index in [-0.39, 0.29) is 0 Å². The zero-order valence-electron chi connectivity index (χ0n) is 21.7. The molecular weight excluding hydrogens is 479 g/mol. The molecule has 0 fully saturated rings. The maximum atomic E-state index is 5.68. The molecule has 3 heteroatoms. The summed E-state index contributed by atoms with van der Waals surface area (Å²) in [5.74, 6) is 0. The van der Waals surface area contributed by atoms with Crippen LogP contribution in [0.1, 0.15) is 28.9 Å². The Labute approximate surface area is 227 Å². The monoisotopic (exact) mass is 513 g/mol. The summed E-state index contributed by atoms with van der Waals surface area (Å²) in [6.07, 6.45) is 7.11. The number of hydrogen-bond donors (Lipinski definition) is 1. The van der Waals surface area contributed by atoms with Gasteiger partial charge in [0.05, 0.1) is 11.9 Å². The average Bonchev–Trinajstić information content (AvgIpc) is 2.99. The van der Waals surface area contributed by atoms with Crippen LogP contribution >= 0.6 is 7.26 Å². The lowest BCUT2D eigenvalue weighted by atomic mass is 10.1. The van der Waals surface area contributed by atoms with E-state index in [4.69, 9.17) is 10.7 Å². The molecular formula is C35H34N2P+. The maximum absolute atomic E-state index is 5.68. The fourth-order valence-electron chi connectivity index (χ4n) is 5.03. The molecule has 0 atom stereocenters. The summed E-state index contributed by atoms with van der Waals surface area (Å²) in [7, 11) is -1.94. The van der Waals surface area contributed by atoms with Crippen molar-refractivity contribution in [1.82, 2.24) is 4.98 Å². The molecule has 188 valence electrons. The predicted octanol–water partition coefficient (Wildman–Crippen LogP) is 6.64. The van der Waals surface area contributed by atoms with E-state index in [9.17, 15) is 0 Å². The minimum atomic E-state index is -1.94. The van der Waals surface area contributed by atoms with Crippen LogP contribution in [0.3, 0.4) is 0 Å². The topological polar surface area (TPSA) is 38.9 Å². The van der Waals surface area contributed by atoms with E-state index in [1.807, 2.05) is 0 Å². The molecule has 0 spiro atoms. The van der Waals surface area contributed by atoms with Gasteiger partial charge in [0.1, 0.15) is 23.2 Å². The van der Waals surface area contributed by atoms with Gasteiger partial charge in [-0.1, -0.05) is 84.9 Å². The summed E-state index contributed by atoms with van der Waals surface area (Å²) in [6, 6.07) is 48.4. The van der Waals surface area contributed by atoms with Crippen LogP contribution in [0.15, 0.2) is 133 Å². The molecule has 38 heavy (non-hydrogen) atoms. The number of benzene rings is 4. The SMILES string of the molecule is NCCCc1cccc(/C=C\c2cccc(C[P+](c3ccccc3)(c3ccccc3)c3ccccc3)c2)n1. The molecule has 0 amide bonds. The van der Waals surface area contributed by atoms with Crippen LogP contribution in [0.2, 0.25) is 0 Å². The Balaban J connectivity index is 1.53. The van der Waals surface area contributed by atoms with Crippen molar-refractivity contribution in [2.45, 2.75) is 19.0 Å². The van der Waals surface area contributed by atoms with E-state index >= 15 is 0 Å². The largest absolute Gasteiger partial charge is 0.330 e. The standard InChI is InChI=1S/C35H34N2P/c36-26-12-17-31-15-11-16-32(37-31)25-24-29-13-10-14-30(27-29)28-38(33-18-4-1-5-19-33,34-20-6-2-7-21-34)35-22-8-3-9-23-35/h1-11,13-16,18-25,27H,12,17,26,28,36H2/q+1/b25-24-. The van der Waals surface area contributed by atoms with Crippen molar-refractivity contribution in [2.75, 3.05) is 6.54 Å². The van der Waals surface area contributed by atoms with E-state index in [1.54, 1.807) is 0 Å². The van der Waals surface area contributed by atoms with E-state index in [2.05, 4.69) is 146 Å². The summed E-state index contributed by atoms with van der Waals surface area (Å²) < 4.78 is 0. The van der Waals surface area contributed by atoms with Crippen LogP contribution < -0.4 is 21.6 Å². The quantitative estimate of drug-likeness (QED) is 0.213. The first-order valence-electron chi connectivity index (χ1n) is 13.3. The molecule has 5 aromatic rings. The van der Waals surface area contributed by atoms with Crippen molar-refractivity contribution < 1.29 is 0 Å². The van der Waals surface area contributed by atoms with Gasteiger partial charge in [-0.3, -0.25) is 4.98 Å². The minimum absolute atomic E-state index is 0.688. The van der Waals surface area contributed by atoms with Gasteiger partial charge in [0.2, 0.25) is 0 Å². The van der Waals surface area contributed by atoms with Gasteiger partial charge in [-0.25, -0.2) is 0 Å². The highest BCUT2D eigenvalue weighted by molar-refractivity contribution is 7.95. The van der Waals surface area contributed by atoms with Crippen molar-refractivity contribution in [3.63, 3.8) is 0 Å². The van der Waals surface area contributed by atoms with Crippen LogP contribution in [0.5, 0.6) is 0 Å². The number of pyridine rings is 1. The fraction of sp³-hybridized carbons (Fsp3) is 0.114. The zero-order valence-corrected chi connectivity index (χ0v) is 22.6. The fourth-order valence-corrected chi connectivity index (χ4v) is 9.26. The minimum Gasteiger partial charge on any atom is -0.330 e. The summed E-state index contributed by atoms with van der Waals surface area (Å²) in [5.41, 5.74) is 10.3. The number of nitrogens with two attached hydrogens (primary N) is 1. The highest BCUT2D eigenvalue weighted by atomic mass is 31.2. The van der Waals surface area contributed by atoms with Crippen LogP contribution in [0.4, 0.5) is 0 Å². The van der Waals surface area contributed by atoms with Crippen molar-refractivity contribution in [3.8, 4) is 0 Å². The number of hydrogen-bond acceptors (Lipinski definition) is 2. The molecule has 2 nitrogen and oxygen atoms in total. The van der Waals surface area contributed by atoms with Gasteiger partial charge in [0, 0.05) is 5.69 Å². The summed E-state index contributed by atoms with van der Waals surface area (Å²) in [4.78, 5) is 4.79. The lowest BCUT2D eigenvalue weighted by molar-refractivity contribution is 0.809. The second-order valence-electron chi connectivity index (χ2n) is 9.50. The highest BCUT2D eigenvalue weighted by Crippen LogP contribution is 2.58. The van der Waals surface area contributed by atoms with E-state index in [0.717, 1.165) is 30.4 Å². The summed E-state index contributed by atoms with van der Waals surface area (Å²) in [6.45, 7) is 0.688. The Kier molecular flexibility index (Phi) is 8.56.